The average Bonchev–Trinajstić information content (AvgIpc) is 2.51. The molecule has 0 bridgehead atoms. The summed E-state index contributed by atoms with van der Waals surface area (Å²) in [6, 6.07) is 6.87. The second-order valence-electron chi connectivity index (χ2n) is 4.52. The first-order chi connectivity index (χ1) is 10.5. The fourth-order valence-corrected chi connectivity index (χ4v) is 2.03. The van der Waals surface area contributed by atoms with Crippen LogP contribution in [0, 0.1) is 0 Å². The number of hydrogen-bond donors (Lipinski definition) is 2. The van der Waals surface area contributed by atoms with Crippen LogP contribution in [0.15, 0.2) is 37.0 Å². The van der Waals surface area contributed by atoms with Crippen LogP contribution in [-0.4, -0.2) is 35.1 Å². The van der Waals surface area contributed by atoms with Gasteiger partial charge in [-0.25, -0.2) is 0 Å². The smallest absolute Gasteiger partial charge is 0.322 e. The summed E-state index contributed by atoms with van der Waals surface area (Å²) in [5, 5.41) is 11.6. The van der Waals surface area contributed by atoms with Crippen molar-refractivity contribution < 1.29 is 19.4 Å². The molecule has 0 radical (unpaired) electrons. The highest BCUT2D eigenvalue weighted by molar-refractivity contribution is 6.06. The lowest BCUT2D eigenvalue weighted by atomic mass is 10.1. The summed E-state index contributed by atoms with van der Waals surface area (Å²) in [6.07, 6.45) is 1.51. The molecule has 1 amide bonds. The van der Waals surface area contributed by atoms with Crippen molar-refractivity contribution in [3.8, 4) is 0 Å². The molecular weight excluding hydrogens is 284 g/mol. The molecular formula is C16H16N2O4. The summed E-state index contributed by atoms with van der Waals surface area (Å²) in [4.78, 5) is 26.8. The Balaban J connectivity index is 2.35. The molecule has 6 nitrogen and oxygen atoms in total. The third-order valence-corrected chi connectivity index (χ3v) is 3.03. The van der Waals surface area contributed by atoms with Gasteiger partial charge in [-0.15, -0.1) is 0 Å². The molecule has 0 spiro atoms. The molecule has 1 aromatic heterocycles. The van der Waals surface area contributed by atoms with Gasteiger partial charge in [0.05, 0.1) is 17.7 Å². The number of aliphatic carboxylic acids is 1. The van der Waals surface area contributed by atoms with Crippen molar-refractivity contribution in [2.75, 3.05) is 13.2 Å². The van der Waals surface area contributed by atoms with E-state index in [0.717, 1.165) is 5.56 Å². The number of carbonyl (C=O) groups is 2. The highest BCUT2D eigenvalue weighted by Gasteiger charge is 2.12. The molecule has 0 saturated heterocycles. The summed E-state index contributed by atoms with van der Waals surface area (Å²) in [5.74, 6) is -1.01. The van der Waals surface area contributed by atoms with Gasteiger partial charge in [0.25, 0.3) is 5.91 Å². The number of nitrogens with one attached hydrogen (secondary N) is 1. The summed E-state index contributed by atoms with van der Waals surface area (Å²) in [5.41, 5.74) is 1.77. The molecule has 22 heavy (non-hydrogen) atoms. The lowest BCUT2D eigenvalue weighted by molar-refractivity contribution is -0.135. The minimum Gasteiger partial charge on any atom is -0.494 e. The fourth-order valence-electron chi connectivity index (χ4n) is 2.03. The van der Waals surface area contributed by atoms with Gasteiger partial charge in [-0.1, -0.05) is 18.7 Å². The zero-order chi connectivity index (χ0) is 16.1. The van der Waals surface area contributed by atoms with Crippen LogP contribution in [0.2, 0.25) is 0 Å². The zero-order valence-corrected chi connectivity index (χ0v) is 12.1. The predicted octanol–water partition coefficient (Wildman–Crippen LogP) is 2.06. The van der Waals surface area contributed by atoms with Crippen LogP contribution in [0.25, 0.3) is 16.7 Å². The van der Waals surface area contributed by atoms with E-state index < -0.39 is 18.4 Å². The Labute approximate surface area is 127 Å². The molecule has 2 rings (SSSR count). The van der Waals surface area contributed by atoms with Gasteiger partial charge in [0.15, 0.2) is 0 Å². The van der Waals surface area contributed by atoms with Gasteiger partial charge < -0.3 is 15.2 Å². The van der Waals surface area contributed by atoms with Crippen LogP contribution in [-0.2, 0) is 9.53 Å². The quantitative estimate of drug-likeness (QED) is 0.797. The largest absolute Gasteiger partial charge is 0.494 e. The third-order valence-electron chi connectivity index (χ3n) is 3.03. The number of aromatic nitrogens is 1. The minimum atomic E-state index is -1.10. The first-order valence-electron chi connectivity index (χ1n) is 6.73. The zero-order valence-electron chi connectivity index (χ0n) is 12.1. The number of ether oxygens (including phenoxy) is 1. The SMILES string of the molecule is C=C(OCC)c1ccc2c(C(=O)NCC(=O)O)ccnc2c1. The molecule has 0 saturated carbocycles. The van der Waals surface area contributed by atoms with Gasteiger partial charge in [0, 0.05) is 17.1 Å². The monoisotopic (exact) mass is 300 g/mol. The Hall–Kier alpha value is -2.89. The average molecular weight is 300 g/mol. The molecule has 1 aromatic carbocycles. The fraction of sp³-hybridized carbons (Fsp3) is 0.188. The highest BCUT2D eigenvalue weighted by Crippen LogP contribution is 2.22. The number of pyridine rings is 1. The number of amides is 1. The van der Waals surface area contributed by atoms with Crippen molar-refractivity contribution in [2.24, 2.45) is 0 Å². The van der Waals surface area contributed by atoms with Crippen LogP contribution >= 0.6 is 0 Å². The maximum atomic E-state index is 12.0. The standard InChI is InChI=1S/C16H16N2O4/c1-3-22-10(2)11-4-5-12-13(6-7-17-14(12)8-11)16(21)18-9-15(19)20/h4-8H,2-3,9H2,1H3,(H,18,21)(H,19,20). The third kappa shape index (κ3) is 3.41. The Morgan fingerprint density at radius 1 is 1.36 bits per heavy atom. The van der Waals surface area contributed by atoms with E-state index in [1.54, 1.807) is 24.3 Å². The lowest BCUT2D eigenvalue weighted by Crippen LogP contribution is -2.29. The topological polar surface area (TPSA) is 88.5 Å². The molecule has 6 heteroatoms. The van der Waals surface area contributed by atoms with Crippen molar-refractivity contribution in [2.45, 2.75) is 6.92 Å². The van der Waals surface area contributed by atoms with E-state index in [-0.39, 0.29) is 0 Å². The minimum absolute atomic E-state index is 0.375. The maximum absolute atomic E-state index is 12.0. The second kappa shape index (κ2) is 6.71. The number of nitrogens with zero attached hydrogens (tertiary/aromatic N) is 1. The Kier molecular flexibility index (Phi) is 4.73. The van der Waals surface area contributed by atoms with Gasteiger partial charge in [-0.05, 0) is 19.1 Å². The van der Waals surface area contributed by atoms with Gasteiger partial charge in [0.1, 0.15) is 12.3 Å². The van der Waals surface area contributed by atoms with Gasteiger partial charge in [0.2, 0.25) is 0 Å². The second-order valence-corrected chi connectivity index (χ2v) is 4.52. The summed E-state index contributed by atoms with van der Waals surface area (Å²) >= 11 is 0. The van der Waals surface area contributed by atoms with Crippen LogP contribution in [0.1, 0.15) is 22.8 Å². The lowest BCUT2D eigenvalue weighted by Gasteiger charge is -2.10. The van der Waals surface area contributed by atoms with Gasteiger partial charge in [-0.3, -0.25) is 14.6 Å². The van der Waals surface area contributed by atoms with E-state index >= 15 is 0 Å². The van der Waals surface area contributed by atoms with E-state index in [1.165, 1.54) is 6.20 Å². The number of rotatable bonds is 6. The van der Waals surface area contributed by atoms with Crippen molar-refractivity contribution in [3.63, 3.8) is 0 Å². The molecule has 0 aliphatic heterocycles. The Morgan fingerprint density at radius 3 is 2.82 bits per heavy atom. The molecule has 0 aliphatic rings. The number of hydrogen-bond acceptors (Lipinski definition) is 4. The van der Waals surface area contributed by atoms with Crippen molar-refractivity contribution in [1.29, 1.82) is 0 Å². The van der Waals surface area contributed by atoms with Gasteiger partial charge >= 0.3 is 5.97 Å². The number of benzene rings is 1. The number of carboxylic acid groups (broad SMARTS) is 1. The number of fused-ring (bicyclic) bond motifs is 1. The van der Waals surface area contributed by atoms with Crippen molar-refractivity contribution >= 4 is 28.5 Å². The molecule has 0 atom stereocenters. The van der Waals surface area contributed by atoms with Crippen LogP contribution < -0.4 is 5.32 Å². The van der Waals surface area contributed by atoms with E-state index in [0.29, 0.717) is 28.8 Å². The predicted molar refractivity (Wildman–Crippen MR) is 82.4 cm³/mol. The first-order valence-corrected chi connectivity index (χ1v) is 6.73. The number of carboxylic acids is 1. The van der Waals surface area contributed by atoms with Crippen LogP contribution in [0.5, 0.6) is 0 Å². The molecule has 114 valence electrons. The summed E-state index contributed by atoms with van der Waals surface area (Å²) < 4.78 is 5.35. The summed E-state index contributed by atoms with van der Waals surface area (Å²) in [6.45, 7) is 5.79. The normalized spacial score (nSPS) is 10.2. The molecule has 0 aliphatic carbocycles. The first kappa shape index (κ1) is 15.5. The molecule has 2 aromatic rings. The van der Waals surface area contributed by atoms with E-state index in [4.69, 9.17) is 9.84 Å². The maximum Gasteiger partial charge on any atom is 0.322 e. The highest BCUT2D eigenvalue weighted by atomic mass is 16.5. The Morgan fingerprint density at radius 2 is 2.14 bits per heavy atom. The Bertz CT molecular complexity index is 740. The molecule has 0 fully saturated rings. The van der Waals surface area contributed by atoms with E-state index in [1.807, 2.05) is 6.92 Å². The molecule has 0 unspecified atom stereocenters. The molecule has 2 N–H and O–H groups in total. The van der Waals surface area contributed by atoms with Crippen LogP contribution in [0.3, 0.4) is 0 Å². The van der Waals surface area contributed by atoms with E-state index in [9.17, 15) is 9.59 Å². The van der Waals surface area contributed by atoms with Crippen molar-refractivity contribution in [1.82, 2.24) is 10.3 Å². The molecule has 1 heterocycles. The van der Waals surface area contributed by atoms with E-state index in [2.05, 4.69) is 16.9 Å². The summed E-state index contributed by atoms with van der Waals surface area (Å²) in [7, 11) is 0. The van der Waals surface area contributed by atoms with Crippen LogP contribution in [0.4, 0.5) is 0 Å². The van der Waals surface area contributed by atoms with Gasteiger partial charge in [-0.2, -0.15) is 0 Å². The van der Waals surface area contributed by atoms with Crippen molar-refractivity contribution in [3.05, 3.63) is 48.2 Å². The number of carbonyl (C=O) groups excluding carboxylic acids is 1.